The second-order valence-electron chi connectivity index (χ2n) is 4.99. The summed E-state index contributed by atoms with van der Waals surface area (Å²) in [6, 6.07) is 19.3. The van der Waals surface area contributed by atoms with E-state index in [1.807, 2.05) is 25.1 Å². The van der Waals surface area contributed by atoms with E-state index in [-0.39, 0.29) is 6.04 Å². The minimum atomic E-state index is 0.243. The summed E-state index contributed by atoms with van der Waals surface area (Å²) in [6.45, 7) is 7.08. The molecule has 2 aromatic carbocycles. The van der Waals surface area contributed by atoms with Crippen LogP contribution in [0.2, 0.25) is 0 Å². The third-order valence-electron chi connectivity index (χ3n) is 3.48. The fourth-order valence-corrected chi connectivity index (χ4v) is 2.43. The minimum Gasteiger partial charge on any atom is -0.494 e. The van der Waals surface area contributed by atoms with Crippen LogP contribution in [0.4, 0.5) is 0 Å². The Labute approximate surface area is 121 Å². The van der Waals surface area contributed by atoms with Gasteiger partial charge in [-0.3, -0.25) is 0 Å². The van der Waals surface area contributed by atoms with Gasteiger partial charge in [0.05, 0.1) is 6.61 Å². The Balaban J connectivity index is 2.10. The van der Waals surface area contributed by atoms with Crippen LogP contribution in [0, 0.1) is 0 Å². The molecule has 0 saturated heterocycles. The summed E-state index contributed by atoms with van der Waals surface area (Å²) < 4.78 is 5.71. The molecule has 2 aromatic rings. The van der Waals surface area contributed by atoms with Crippen molar-refractivity contribution >= 4 is 0 Å². The lowest BCUT2D eigenvalue weighted by Gasteiger charge is -2.22. The van der Waals surface area contributed by atoms with E-state index in [0.717, 1.165) is 5.75 Å². The third kappa shape index (κ3) is 3.61. The highest BCUT2D eigenvalue weighted by Gasteiger charge is 2.14. The van der Waals surface area contributed by atoms with E-state index in [2.05, 4.69) is 55.6 Å². The van der Waals surface area contributed by atoms with Crippen LogP contribution in [-0.2, 0) is 0 Å². The maximum absolute atomic E-state index is 5.71. The van der Waals surface area contributed by atoms with Crippen LogP contribution in [0.5, 0.6) is 5.75 Å². The smallest absolute Gasteiger partial charge is 0.124 e. The first-order chi connectivity index (χ1) is 9.72. The summed E-state index contributed by atoms with van der Waals surface area (Å²) in [5.41, 5.74) is 2.50. The standard InChI is InChI=1S/C18H23NO/c1-4-20-18-13-9-8-12-17(18)15(3)19-14(2)16-10-6-5-7-11-16/h5-15,19H,4H2,1-3H3/t14-,15?/m1/s1. The van der Waals surface area contributed by atoms with Gasteiger partial charge in [0.2, 0.25) is 0 Å². The van der Waals surface area contributed by atoms with Crippen molar-refractivity contribution in [3.05, 3.63) is 65.7 Å². The molecule has 0 heterocycles. The summed E-state index contributed by atoms with van der Waals surface area (Å²) in [5, 5.41) is 3.63. The van der Waals surface area contributed by atoms with Gasteiger partial charge >= 0.3 is 0 Å². The first-order valence-corrected chi connectivity index (χ1v) is 7.25. The number of rotatable bonds is 6. The largest absolute Gasteiger partial charge is 0.494 e. The van der Waals surface area contributed by atoms with Crippen molar-refractivity contribution in [3.8, 4) is 5.75 Å². The molecule has 1 N–H and O–H groups in total. The molecule has 20 heavy (non-hydrogen) atoms. The molecule has 0 aliphatic heterocycles. The zero-order valence-electron chi connectivity index (χ0n) is 12.5. The first kappa shape index (κ1) is 14.6. The number of nitrogens with one attached hydrogen (secondary N) is 1. The number of hydrogen-bond donors (Lipinski definition) is 1. The lowest BCUT2D eigenvalue weighted by atomic mass is 10.0. The van der Waals surface area contributed by atoms with Crippen molar-refractivity contribution in [2.45, 2.75) is 32.9 Å². The average Bonchev–Trinajstić information content (AvgIpc) is 2.49. The summed E-state index contributed by atoms with van der Waals surface area (Å²) >= 11 is 0. The van der Waals surface area contributed by atoms with E-state index in [1.54, 1.807) is 0 Å². The third-order valence-corrected chi connectivity index (χ3v) is 3.48. The van der Waals surface area contributed by atoms with Gasteiger partial charge in [0.1, 0.15) is 5.75 Å². The highest BCUT2D eigenvalue weighted by atomic mass is 16.5. The van der Waals surface area contributed by atoms with Crippen molar-refractivity contribution < 1.29 is 4.74 Å². The molecule has 0 fully saturated rings. The van der Waals surface area contributed by atoms with Crippen LogP contribution in [0.25, 0.3) is 0 Å². The van der Waals surface area contributed by atoms with Gasteiger partial charge in [-0.2, -0.15) is 0 Å². The van der Waals surface area contributed by atoms with Crippen molar-refractivity contribution in [2.75, 3.05) is 6.61 Å². The van der Waals surface area contributed by atoms with E-state index in [1.165, 1.54) is 11.1 Å². The van der Waals surface area contributed by atoms with E-state index < -0.39 is 0 Å². The summed E-state index contributed by atoms with van der Waals surface area (Å²) in [5.74, 6) is 0.968. The molecule has 1 unspecified atom stereocenters. The number of benzene rings is 2. The number of ether oxygens (including phenoxy) is 1. The topological polar surface area (TPSA) is 21.3 Å². The second-order valence-corrected chi connectivity index (χ2v) is 4.99. The Bertz CT molecular complexity index is 524. The molecule has 106 valence electrons. The molecule has 2 atom stereocenters. The highest BCUT2D eigenvalue weighted by Crippen LogP contribution is 2.27. The summed E-state index contributed by atoms with van der Waals surface area (Å²) in [7, 11) is 0. The fraction of sp³-hybridized carbons (Fsp3) is 0.333. The molecule has 0 amide bonds. The zero-order valence-corrected chi connectivity index (χ0v) is 12.5. The second kappa shape index (κ2) is 7.11. The Morgan fingerprint density at radius 1 is 0.900 bits per heavy atom. The summed E-state index contributed by atoms with van der Waals surface area (Å²) in [6.07, 6.45) is 0. The summed E-state index contributed by atoms with van der Waals surface area (Å²) in [4.78, 5) is 0. The van der Waals surface area contributed by atoms with Crippen LogP contribution in [0.1, 0.15) is 44.0 Å². The van der Waals surface area contributed by atoms with Gasteiger partial charge in [-0.15, -0.1) is 0 Å². The van der Waals surface area contributed by atoms with Gasteiger partial charge in [-0.05, 0) is 32.4 Å². The zero-order chi connectivity index (χ0) is 14.4. The van der Waals surface area contributed by atoms with Gasteiger partial charge in [-0.1, -0.05) is 48.5 Å². The van der Waals surface area contributed by atoms with E-state index in [9.17, 15) is 0 Å². The lowest BCUT2D eigenvalue weighted by Crippen LogP contribution is -2.23. The Morgan fingerprint density at radius 3 is 2.25 bits per heavy atom. The van der Waals surface area contributed by atoms with E-state index in [0.29, 0.717) is 12.6 Å². The van der Waals surface area contributed by atoms with Gasteiger partial charge in [-0.25, -0.2) is 0 Å². The Morgan fingerprint density at radius 2 is 1.55 bits per heavy atom. The molecular formula is C18H23NO. The van der Waals surface area contributed by atoms with Crippen LogP contribution in [0.3, 0.4) is 0 Å². The molecule has 2 heteroatoms. The molecule has 0 spiro atoms. The maximum atomic E-state index is 5.71. The van der Waals surface area contributed by atoms with Crippen LogP contribution in [-0.4, -0.2) is 6.61 Å². The lowest BCUT2D eigenvalue weighted by molar-refractivity contribution is 0.331. The predicted octanol–water partition coefficient (Wildman–Crippen LogP) is 4.50. The highest BCUT2D eigenvalue weighted by molar-refractivity contribution is 5.36. The van der Waals surface area contributed by atoms with Crippen molar-refractivity contribution in [1.82, 2.24) is 5.32 Å². The molecule has 0 aliphatic rings. The average molecular weight is 269 g/mol. The molecule has 0 radical (unpaired) electrons. The van der Waals surface area contributed by atoms with Crippen LogP contribution < -0.4 is 10.1 Å². The number of hydrogen-bond acceptors (Lipinski definition) is 2. The van der Waals surface area contributed by atoms with E-state index in [4.69, 9.17) is 4.74 Å². The normalized spacial score (nSPS) is 13.8. The van der Waals surface area contributed by atoms with Gasteiger partial charge < -0.3 is 10.1 Å². The number of para-hydroxylation sites is 1. The minimum absolute atomic E-state index is 0.243. The quantitative estimate of drug-likeness (QED) is 0.834. The molecule has 0 bridgehead atoms. The van der Waals surface area contributed by atoms with Crippen molar-refractivity contribution in [3.63, 3.8) is 0 Å². The van der Waals surface area contributed by atoms with Crippen LogP contribution in [0.15, 0.2) is 54.6 Å². The molecular weight excluding hydrogens is 246 g/mol. The fourth-order valence-electron chi connectivity index (χ4n) is 2.43. The van der Waals surface area contributed by atoms with Crippen LogP contribution >= 0.6 is 0 Å². The molecule has 2 nitrogen and oxygen atoms in total. The molecule has 2 rings (SSSR count). The van der Waals surface area contributed by atoms with Gasteiger partial charge in [0.25, 0.3) is 0 Å². The SMILES string of the molecule is CCOc1ccccc1C(C)N[C@H](C)c1ccccc1. The molecule has 0 saturated carbocycles. The van der Waals surface area contributed by atoms with Crippen molar-refractivity contribution in [2.24, 2.45) is 0 Å². The predicted molar refractivity (Wildman–Crippen MR) is 84.0 cm³/mol. The van der Waals surface area contributed by atoms with Gasteiger partial charge in [0, 0.05) is 17.6 Å². The monoisotopic (exact) mass is 269 g/mol. The molecule has 0 aliphatic carbocycles. The Hall–Kier alpha value is -1.80. The van der Waals surface area contributed by atoms with Gasteiger partial charge in [0.15, 0.2) is 0 Å². The molecule has 0 aromatic heterocycles. The Kier molecular flexibility index (Phi) is 5.19. The maximum Gasteiger partial charge on any atom is 0.124 e. The van der Waals surface area contributed by atoms with E-state index >= 15 is 0 Å². The van der Waals surface area contributed by atoms with Crippen molar-refractivity contribution in [1.29, 1.82) is 0 Å². The first-order valence-electron chi connectivity index (χ1n) is 7.25.